The molecule has 0 saturated carbocycles. The van der Waals surface area contributed by atoms with Gasteiger partial charge in [-0.25, -0.2) is 0 Å². The van der Waals surface area contributed by atoms with Gasteiger partial charge in [-0.15, -0.1) is 0 Å². The highest BCUT2D eigenvalue weighted by atomic mass is 127. The average molecular weight is 384 g/mol. The molecule has 60 valence electrons. The highest BCUT2D eigenvalue weighted by Crippen LogP contribution is 2.20. The third-order valence-electron chi connectivity index (χ3n) is 1.34. The van der Waals surface area contributed by atoms with E-state index >= 15 is 0 Å². The van der Waals surface area contributed by atoms with Crippen molar-refractivity contribution in [2.45, 2.75) is 12.2 Å². The molecular weight excluding hydrogens is 374 g/mol. The van der Waals surface area contributed by atoms with Gasteiger partial charge in [0.15, 0.2) is 0 Å². The number of hydrogen-bond acceptors (Lipinski definition) is 2. The van der Waals surface area contributed by atoms with E-state index in [0.717, 1.165) is 8.86 Å². The van der Waals surface area contributed by atoms with Gasteiger partial charge in [0.05, 0.1) is 12.2 Å². The Balaban J connectivity index is 2.25. The monoisotopic (exact) mass is 384 g/mol. The zero-order valence-electron chi connectivity index (χ0n) is 5.56. The van der Waals surface area contributed by atoms with Gasteiger partial charge in [-0.3, -0.25) is 0 Å². The van der Waals surface area contributed by atoms with Crippen molar-refractivity contribution in [3.63, 3.8) is 0 Å². The molecule has 0 bridgehead atoms. The Morgan fingerprint density at radius 1 is 1.20 bits per heavy atom. The molecule has 0 spiro atoms. The number of rotatable bonds is 2. The smallest absolute Gasteiger partial charge is 0.0759 e. The lowest BCUT2D eigenvalue weighted by Gasteiger charge is -2.27. The fraction of sp³-hybridized carbons (Fsp3) is 1.00. The summed E-state index contributed by atoms with van der Waals surface area (Å²) in [6.07, 6.45) is 1.03. The van der Waals surface area contributed by atoms with E-state index in [2.05, 4.69) is 45.2 Å². The molecule has 0 aromatic heterocycles. The molecule has 1 aliphatic rings. The lowest BCUT2D eigenvalue weighted by molar-refractivity contribution is 0.0379. The molecule has 10 heavy (non-hydrogen) atoms. The number of ether oxygens (including phenoxy) is 1. The van der Waals surface area contributed by atoms with Crippen LogP contribution in [-0.2, 0) is 4.74 Å². The quantitative estimate of drug-likeness (QED) is 0.534. The molecule has 4 heteroatoms. The van der Waals surface area contributed by atoms with Crippen LogP contribution in [0.25, 0.3) is 0 Å². The van der Waals surface area contributed by atoms with Crippen molar-refractivity contribution in [3.05, 3.63) is 0 Å². The molecule has 0 aromatic rings. The van der Waals surface area contributed by atoms with E-state index in [0.29, 0.717) is 12.2 Å². The molecular formula is C6H10I2OS. The molecule has 1 heterocycles. The van der Waals surface area contributed by atoms with Crippen LogP contribution in [0, 0.1) is 0 Å². The maximum absolute atomic E-state index is 5.75. The molecule has 2 unspecified atom stereocenters. The summed E-state index contributed by atoms with van der Waals surface area (Å²) < 4.78 is 8.02. The van der Waals surface area contributed by atoms with E-state index in [1.165, 1.54) is 11.5 Å². The van der Waals surface area contributed by atoms with Crippen molar-refractivity contribution < 1.29 is 4.74 Å². The van der Waals surface area contributed by atoms with E-state index in [4.69, 9.17) is 4.74 Å². The third kappa shape index (κ3) is 3.02. The Kier molecular flexibility index (Phi) is 5.34. The summed E-state index contributed by atoms with van der Waals surface area (Å²) in [4.78, 5) is 0. The Morgan fingerprint density at radius 3 is 2.10 bits per heavy atom. The summed E-state index contributed by atoms with van der Waals surface area (Å²) in [5.74, 6) is 2.38. The van der Waals surface area contributed by atoms with Gasteiger partial charge in [0.25, 0.3) is 0 Å². The second-order valence-corrected chi connectivity index (χ2v) is 5.06. The molecule has 1 fully saturated rings. The first-order valence-corrected chi connectivity index (χ1v) is 7.42. The summed E-state index contributed by atoms with van der Waals surface area (Å²) in [5, 5.41) is 0. The molecule has 2 atom stereocenters. The van der Waals surface area contributed by atoms with E-state index < -0.39 is 0 Å². The second-order valence-electron chi connectivity index (χ2n) is 2.23. The van der Waals surface area contributed by atoms with Crippen molar-refractivity contribution in [3.8, 4) is 0 Å². The predicted octanol–water partition coefficient (Wildman–Crippen LogP) is 2.36. The Bertz CT molecular complexity index is 91.7. The fourth-order valence-corrected chi connectivity index (χ4v) is 3.78. The van der Waals surface area contributed by atoms with Crippen LogP contribution in [0.2, 0.25) is 0 Å². The highest BCUT2D eigenvalue weighted by molar-refractivity contribution is 14.1. The number of halogens is 2. The van der Waals surface area contributed by atoms with Gasteiger partial charge < -0.3 is 4.74 Å². The lowest BCUT2D eigenvalue weighted by Crippen LogP contribution is -2.33. The van der Waals surface area contributed by atoms with Gasteiger partial charge >= 0.3 is 0 Å². The van der Waals surface area contributed by atoms with Crippen molar-refractivity contribution in [2.75, 3.05) is 20.4 Å². The highest BCUT2D eigenvalue weighted by Gasteiger charge is 2.20. The van der Waals surface area contributed by atoms with Gasteiger partial charge in [0.2, 0.25) is 0 Å². The number of hydrogen-bond donors (Lipinski definition) is 0. The van der Waals surface area contributed by atoms with Crippen LogP contribution in [-0.4, -0.2) is 32.6 Å². The van der Waals surface area contributed by atoms with Crippen molar-refractivity contribution in [2.24, 2.45) is 0 Å². The van der Waals surface area contributed by atoms with Crippen LogP contribution in [0.4, 0.5) is 0 Å². The molecule has 0 radical (unpaired) electrons. The Labute approximate surface area is 93.3 Å². The SMILES string of the molecule is ICC1CSCC(CI)O1. The fourth-order valence-electron chi connectivity index (χ4n) is 0.843. The first-order chi connectivity index (χ1) is 4.86. The predicted molar refractivity (Wildman–Crippen MR) is 63.8 cm³/mol. The van der Waals surface area contributed by atoms with Crippen molar-refractivity contribution in [1.29, 1.82) is 0 Å². The molecule has 1 nitrogen and oxygen atoms in total. The molecule has 0 N–H and O–H groups in total. The van der Waals surface area contributed by atoms with E-state index in [1.54, 1.807) is 0 Å². The zero-order chi connectivity index (χ0) is 7.40. The summed E-state index contributed by atoms with van der Waals surface area (Å²) >= 11 is 6.81. The van der Waals surface area contributed by atoms with Crippen LogP contribution in [0.3, 0.4) is 0 Å². The zero-order valence-corrected chi connectivity index (χ0v) is 10.7. The summed E-state index contributed by atoms with van der Waals surface area (Å²) in [5.41, 5.74) is 0. The standard InChI is InChI=1S/C6H10I2OS/c7-1-5-3-10-4-6(2-8)9-5/h5-6H,1-4H2. The first-order valence-electron chi connectivity index (χ1n) is 3.22. The molecule has 0 aromatic carbocycles. The minimum Gasteiger partial charge on any atom is -0.372 e. The van der Waals surface area contributed by atoms with E-state index in [1.807, 2.05) is 11.8 Å². The maximum Gasteiger partial charge on any atom is 0.0759 e. The van der Waals surface area contributed by atoms with Crippen molar-refractivity contribution >= 4 is 56.9 Å². The van der Waals surface area contributed by atoms with Gasteiger partial charge in [0.1, 0.15) is 0 Å². The van der Waals surface area contributed by atoms with Gasteiger partial charge in [0, 0.05) is 20.4 Å². The third-order valence-corrected chi connectivity index (χ3v) is 4.52. The van der Waals surface area contributed by atoms with Crippen LogP contribution >= 0.6 is 56.9 Å². The van der Waals surface area contributed by atoms with Crippen LogP contribution in [0.5, 0.6) is 0 Å². The Hall–Kier alpha value is 1.77. The molecule has 1 rings (SSSR count). The molecule has 1 saturated heterocycles. The average Bonchev–Trinajstić information content (AvgIpc) is 2.05. The van der Waals surface area contributed by atoms with E-state index in [-0.39, 0.29) is 0 Å². The topological polar surface area (TPSA) is 9.23 Å². The largest absolute Gasteiger partial charge is 0.372 e. The summed E-state index contributed by atoms with van der Waals surface area (Å²) in [6.45, 7) is 0. The van der Waals surface area contributed by atoms with Gasteiger partial charge in [-0.2, -0.15) is 11.8 Å². The molecule has 0 aliphatic carbocycles. The maximum atomic E-state index is 5.75. The summed E-state index contributed by atoms with van der Waals surface area (Å²) in [7, 11) is 0. The minimum absolute atomic E-state index is 0.513. The first kappa shape index (κ1) is 9.85. The van der Waals surface area contributed by atoms with E-state index in [9.17, 15) is 0 Å². The number of thioether (sulfide) groups is 1. The molecule has 1 aliphatic heterocycles. The number of alkyl halides is 2. The normalized spacial score (nSPS) is 34.2. The lowest BCUT2D eigenvalue weighted by atomic mass is 10.4. The van der Waals surface area contributed by atoms with Crippen LogP contribution < -0.4 is 0 Å². The second kappa shape index (κ2) is 5.42. The summed E-state index contributed by atoms with van der Waals surface area (Å²) in [6, 6.07) is 0. The minimum atomic E-state index is 0.513. The van der Waals surface area contributed by atoms with Crippen molar-refractivity contribution in [1.82, 2.24) is 0 Å². The van der Waals surface area contributed by atoms with Crippen LogP contribution in [0.1, 0.15) is 0 Å². The van der Waals surface area contributed by atoms with Gasteiger partial charge in [-0.05, 0) is 0 Å². The van der Waals surface area contributed by atoms with Gasteiger partial charge in [-0.1, -0.05) is 45.2 Å². The Morgan fingerprint density at radius 2 is 1.70 bits per heavy atom. The molecule has 0 amide bonds. The van der Waals surface area contributed by atoms with Crippen LogP contribution in [0.15, 0.2) is 0 Å².